The quantitative estimate of drug-likeness (QED) is 0.774. The summed E-state index contributed by atoms with van der Waals surface area (Å²) < 4.78 is 24.5. The molecule has 106 valence electrons. The maximum atomic E-state index is 10.5. The highest BCUT2D eigenvalue weighted by Gasteiger charge is 2.37. The van der Waals surface area contributed by atoms with Gasteiger partial charge in [-0.1, -0.05) is 18.2 Å². The topological polar surface area (TPSA) is 58.6 Å². The Bertz CT molecular complexity index is 438. The molecule has 19 heavy (non-hydrogen) atoms. The fraction of sp³-hybridized carbons (Fsp3) is 0.571. The summed E-state index contributed by atoms with van der Waals surface area (Å²) in [4.78, 5) is 0.488. The highest BCUT2D eigenvalue weighted by Crippen LogP contribution is 2.33. The maximum Gasteiger partial charge on any atom is 0.186 e. The number of aryl methyl sites for hydroxylation is 1. The summed E-state index contributed by atoms with van der Waals surface area (Å²) >= 11 is -1.84. The first-order valence-electron chi connectivity index (χ1n) is 6.58. The zero-order valence-electron chi connectivity index (χ0n) is 11.2. The molecule has 2 N–H and O–H groups in total. The van der Waals surface area contributed by atoms with Gasteiger partial charge in [0.05, 0.1) is 4.90 Å². The molecule has 0 amide bonds. The standard InChI is InChI=1S/C7H13NO.C7H8O2S/c1-3-9-4-2-7(1)5-8-6-7;1-6-4-2-3-5-7(6)10(8)9/h8H,1-6H2;2-5H,1H3,(H,8,9). The van der Waals surface area contributed by atoms with Gasteiger partial charge in [-0.15, -0.1) is 0 Å². The van der Waals surface area contributed by atoms with Crippen molar-refractivity contribution >= 4 is 11.1 Å². The van der Waals surface area contributed by atoms with Crippen LogP contribution in [-0.2, 0) is 15.8 Å². The monoisotopic (exact) mass is 283 g/mol. The van der Waals surface area contributed by atoms with E-state index in [-0.39, 0.29) is 0 Å². The van der Waals surface area contributed by atoms with Gasteiger partial charge in [0.1, 0.15) is 0 Å². The molecule has 2 fully saturated rings. The molecule has 5 heteroatoms. The van der Waals surface area contributed by atoms with Crippen molar-refractivity contribution < 1.29 is 13.5 Å². The van der Waals surface area contributed by atoms with Crippen molar-refractivity contribution in [2.24, 2.45) is 5.41 Å². The molecule has 2 aliphatic heterocycles. The minimum Gasteiger partial charge on any atom is -0.381 e. The molecule has 0 aliphatic carbocycles. The normalized spacial score (nSPS) is 22.0. The van der Waals surface area contributed by atoms with Gasteiger partial charge in [0, 0.05) is 26.3 Å². The van der Waals surface area contributed by atoms with Crippen LogP contribution < -0.4 is 5.32 Å². The Kier molecular flexibility index (Phi) is 5.10. The predicted octanol–water partition coefficient (Wildman–Crippen LogP) is 1.96. The molecular weight excluding hydrogens is 262 g/mol. The Morgan fingerprint density at radius 3 is 2.26 bits per heavy atom. The Morgan fingerprint density at radius 2 is 1.89 bits per heavy atom. The van der Waals surface area contributed by atoms with Crippen molar-refractivity contribution in [3.05, 3.63) is 29.8 Å². The first kappa shape index (κ1) is 14.7. The zero-order valence-corrected chi connectivity index (χ0v) is 12.0. The fourth-order valence-electron chi connectivity index (χ4n) is 2.39. The van der Waals surface area contributed by atoms with Gasteiger partial charge in [-0.25, -0.2) is 4.21 Å². The van der Waals surface area contributed by atoms with Crippen molar-refractivity contribution in [1.29, 1.82) is 0 Å². The summed E-state index contributed by atoms with van der Waals surface area (Å²) in [6, 6.07) is 7.04. The zero-order chi connectivity index (χ0) is 13.7. The van der Waals surface area contributed by atoms with E-state index in [1.165, 1.54) is 25.9 Å². The lowest BCUT2D eigenvalue weighted by atomic mass is 9.75. The van der Waals surface area contributed by atoms with Crippen molar-refractivity contribution in [1.82, 2.24) is 5.32 Å². The third-order valence-corrected chi connectivity index (χ3v) is 4.67. The van der Waals surface area contributed by atoms with Crippen LogP contribution in [0.25, 0.3) is 0 Å². The van der Waals surface area contributed by atoms with Gasteiger partial charge < -0.3 is 14.6 Å². The smallest absolute Gasteiger partial charge is 0.186 e. The molecule has 1 spiro atoms. The lowest BCUT2D eigenvalue weighted by Gasteiger charge is -2.45. The molecule has 2 saturated heterocycles. The van der Waals surface area contributed by atoms with E-state index >= 15 is 0 Å². The second-order valence-electron chi connectivity index (χ2n) is 5.23. The molecule has 1 atom stereocenters. The van der Waals surface area contributed by atoms with Crippen LogP contribution in [0.1, 0.15) is 18.4 Å². The minimum atomic E-state index is -1.84. The summed E-state index contributed by atoms with van der Waals surface area (Å²) in [7, 11) is 0. The molecule has 0 bridgehead atoms. The van der Waals surface area contributed by atoms with E-state index in [4.69, 9.17) is 9.29 Å². The first-order chi connectivity index (χ1) is 9.13. The minimum absolute atomic E-state index is 0.488. The Labute approximate surface area is 116 Å². The van der Waals surface area contributed by atoms with Crippen LogP contribution in [0.4, 0.5) is 0 Å². The SMILES string of the molecule is C1CC2(CCO1)CNC2.Cc1ccccc1S(=O)O. The first-order valence-corrected chi connectivity index (χ1v) is 7.69. The van der Waals surface area contributed by atoms with E-state index < -0.39 is 11.1 Å². The van der Waals surface area contributed by atoms with Crippen LogP contribution in [0.15, 0.2) is 29.2 Å². The number of hydrogen-bond donors (Lipinski definition) is 2. The third kappa shape index (κ3) is 3.86. The van der Waals surface area contributed by atoms with Crippen LogP contribution in [0.2, 0.25) is 0 Å². The molecule has 2 heterocycles. The number of nitrogens with one attached hydrogen (secondary N) is 1. The van der Waals surface area contributed by atoms with E-state index in [0.717, 1.165) is 18.8 Å². The highest BCUT2D eigenvalue weighted by molar-refractivity contribution is 7.79. The van der Waals surface area contributed by atoms with Crippen molar-refractivity contribution in [3.8, 4) is 0 Å². The molecule has 0 aromatic heterocycles. The van der Waals surface area contributed by atoms with Gasteiger partial charge in [-0.05, 0) is 36.8 Å². The molecular formula is C14H21NO3S. The van der Waals surface area contributed by atoms with Gasteiger partial charge >= 0.3 is 0 Å². The van der Waals surface area contributed by atoms with E-state index in [0.29, 0.717) is 10.3 Å². The highest BCUT2D eigenvalue weighted by atomic mass is 32.2. The molecule has 0 saturated carbocycles. The van der Waals surface area contributed by atoms with Crippen LogP contribution in [0.5, 0.6) is 0 Å². The van der Waals surface area contributed by atoms with Crippen molar-refractivity contribution in [3.63, 3.8) is 0 Å². The Morgan fingerprint density at radius 1 is 1.26 bits per heavy atom. The van der Waals surface area contributed by atoms with Crippen molar-refractivity contribution in [2.45, 2.75) is 24.7 Å². The number of hydrogen-bond acceptors (Lipinski definition) is 3. The van der Waals surface area contributed by atoms with Gasteiger partial charge in [-0.3, -0.25) is 0 Å². The molecule has 0 radical (unpaired) electrons. The average Bonchev–Trinajstić information content (AvgIpc) is 2.39. The second kappa shape index (κ2) is 6.61. The number of benzene rings is 1. The van der Waals surface area contributed by atoms with E-state index in [1.807, 2.05) is 19.1 Å². The summed E-state index contributed by atoms with van der Waals surface area (Å²) in [5.41, 5.74) is 1.52. The molecule has 2 aliphatic rings. The average molecular weight is 283 g/mol. The number of ether oxygens (including phenoxy) is 1. The predicted molar refractivity (Wildman–Crippen MR) is 75.6 cm³/mol. The van der Waals surface area contributed by atoms with Crippen LogP contribution in [0.3, 0.4) is 0 Å². The number of rotatable bonds is 1. The maximum absolute atomic E-state index is 10.5. The summed E-state index contributed by atoms with van der Waals surface area (Å²) in [5, 5.41) is 3.32. The van der Waals surface area contributed by atoms with Crippen LogP contribution in [0, 0.1) is 12.3 Å². The molecule has 3 rings (SSSR count). The third-order valence-electron chi connectivity index (χ3n) is 3.84. The summed E-state index contributed by atoms with van der Waals surface area (Å²) in [5.74, 6) is 0. The van der Waals surface area contributed by atoms with Gasteiger partial charge in [0.2, 0.25) is 0 Å². The molecule has 1 unspecified atom stereocenters. The fourth-order valence-corrected chi connectivity index (χ4v) is 2.93. The summed E-state index contributed by atoms with van der Waals surface area (Å²) in [6.45, 7) is 6.25. The van der Waals surface area contributed by atoms with Gasteiger partial charge in [0.15, 0.2) is 11.1 Å². The molecule has 4 nitrogen and oxygen atoms in total. The Hall–Kier alpha value is -0.750. The lowest BCUT2D eigenvalue weighted by Crippen LogP contribution is -2.55. The Balaban J connectivity index is 0.000000141. The van der Waals surface area contributed by atoms with E-state index in [2.05, 4.69) is 5.32 Å². The van der Waals surface area contributed by atoms with Crippen molar-refractivity contribution in [2.75, 3.05) is 26.3 Å². The van der Waals surface area contributed by atoms with Gasteiger partial charge in [0.25, 0.3) is 0 Å². The van der Waals surface area contributed by atoms with E-state index in [9.17, 15) is 4.21 Å². The van der Waals surface area contributed by atoms with Crippen LogP contribution >= 0.6 is 0 Å². The molecule has 1 aromatic rings. The lowest BCUT2D eigenvalue weighted by molar-refractivity contribution is -0.0130. The second-order valence-corrected chi connectivity index (χ2v) is 6.17. The van der Waals surface area contributed by atoms with Gasteiger partial charge in [-0.2, -0.15) is 0 Å². The van der Waals surface area contributed by atoms with E-state index in [1.54, 1.807) is 12.1 Å². The molecule has 1 aromatic carbocycles. The van der Waals surface area contributed by atoms with Crippen LogP contribution in [-0.4, -0.2) is 35.1 Å². The largest absolute Gasteiger partial charge is 0.381 e. The summed E-state index contributed by atoms with van der Waals surface area (Å²) in [6.07, 6.45) is 2.56.